The van der Waals surface area contributed by atoms with Gasteiger partial charge in [0.05, 0.1) is 19.1 Å². The van der Waals surface area contributed by atoms with Gasteiger partial charge in [0.1, 0.15) is 0 Å². The molecule has 3 nitrogen and oxygen atoms in total. The number of esters is 1. The number of rotatable bonds is 1. The molecule has 2 atom stereocenters. The predicted molar refractivity (Wildman–Crippen MR) is 47.0 cm³/mol. The lowest BCUT2D eigenvalue weighted by Crippen LogP contribution is -2.34. The fourth-order valence-electron chi connectivity index (χ4n) is 2.86. The van der Waals surface area contributed by atoms with Crippen molar-refractivity contribution < 1.29 is 14.6 Å². The van der Waals surface area contributed by atoms with Crippen LogP contribution in [0.3, 0.4) is 0 Å². The second kappa shape index (κ2) is 3.29. The summed E-state index contributed by atoms with van der Waals surface area (Å²) >= 11 is 0. The Morgan fingerprint density at radius 1 is 1.31 bits per heavy atom. The van der Waals surface area contributed by atoms with Crippen LogP contribution in [0.4, 0.5) is 0 Å². The molecule has 0 radical (unpaired) electrons. The van der Waals surface area contributed by atoms with Crippen LogP contribution in [0.25, 0.3) is 0 Å². The lowest BCUT2D eigenvalue weighted by Gasteiger charge is -2.30. The molecule has 0 saturated heterocycles. The zero-order chi connectivity index (χ0) is 9.42. The summed E-state index contributed by atoms with van der Waals surface area (Å²) in [4.78, 5) is 11.3. The molecule has 0 spiro atoms. The van der Waals surface area contributed by atoms with Gasteiger partial charge in [-0.05, 0) is 37.5 Å². The van der Waals surface area contributed by atoms with E-state index in [4.69, 9.17) is 4.74 Å². The first-order valence-electron chi connectivity index (χ1n) is 4.98. The van der Waals surface area contributed by atoms with Crippen molar-refractivity contribution in [2.24, 2.45) is 17.8 Å². The third-order valence-corrected chi connectivity index (χ3v) is 3.58. The van der Waals surface area contributed by atoms with Gasteiger partial charge in [0.2, 0.25) is 0 Å². The fraction of sp³-hybridized carbons (Fsp3) is 0.900. The van der Waals surface area contributed by atoms with Gasteiger partial charge in [-0.2, -0.15) is 0 Å². The Kier molecular flexibility index (Phi) is 2.28. The highest BCUT2D eigenvalue weighted by Crippen LogP contribution is 2.45. The summed E-state index contributed by atoms with van der Waals surface area (Å²) in [5, 5.41) is 9.73. The molecule has 1 N–H and O–H groups in total. The van der Waals surface area contributed by atoms with Crippen LogP contribution in [0.15, 0.2) is 0 Å². The minimum atomic E-state index is -0.152. The average Bonchev–Trinajstić information content (AvgIpc) is 2.42. The van der Waals surface area contributed by atoms with Crippen molar-refractivity contribution in [1.29, 1.82) is 0 Å². The first kappa shape index (κ1) is 9.00. The van der Waals surface area contributed by atoms with Crippen molar-refractivity contribution in [2.75, 3.05) is 7.11 Å². The molecule has 74 valence electrons. The Labute approximate surface area is 78.1 Å². The summed E-state index contributed by atoms with van der Waals surface area (Å²) in [6.07, 6.45) is 3.66. The second-order valence-electron chi connectivity index (χ2n) is 4.28. The van der Waals surface area contributed by atoms with Crippen molar-refractivity contribution in [2.45, 2.75) is 31.8 Å². The van der Waals surface area contributed by atoms with E-state index in [2.05, 4.69) is 0 Å². The van der Waals surface area contributed by atoms with E-state index in [0.29, 0.717) is 11.8 Å². The van der Waals surface area contributed by atoms with Crippen LogP contribution in [-0.4, -0.2) is 24.3 Å². The Hall–Kier alpha value is -0.570. The SMILES string of the molecule is COC(=O)C1CC2CCC(C1)C2O. The lowest BCUT2D eigenvalue weighted by molar-refractivity contribution is -0.148. The van der Waals surface area contributed by atoms with Crippen LogP contribution in [0.2, 0.25) is 0 Å². The van der Waals surface area contributed by atoms with E-state index >= 15 is 0 Å². The highest BCUT2D eigenvalue weighted by molar-refractivity contribution is 5.72. The number of ether oxygens (including phenoxy) is 1. The molecule has 2 saturated carbocycles. The maximum absolute atomic E-state index is 11.3. The average molecular weight is 184 g/mol. The number of carbonyl (C=O) groups is 1. The summed E-state index contributed by atoms with van der Waals surface area (Å²) < 4.78 is 4.73. The largest absolute Gasteiger partial charge is 0.469 e. The van der Waals surface area contributed by atoms with E-state index in [1.54, 1.807) is 0 Å². The quantitative estimate of drug-likeness (QED) is 0.617. The Morgan fingerprint density at radius 2 is 1.85 bits per heavy atom. The molecule has 0 aliphatic heterocycles. The van der Waals surface area contributed by atoms with E-state index in [0.717, 1.165) is 25.7 Å². The highest BCUT2D eigenvalue weighted by Gasteiger charge is 2.43. The fourth-order valence-corrected chi connectivity index (χ4v) is 2.86. The van der Waals surface area contributed by atoms with E-state index in [-0.39, 0.29) is 18.0 Å². The van der Waals surface area contributed by atoms with E-state index < -0.39 is 0 Å². The zero-order valence-corrected chi connectivity index (χ0v) is 7.90. The third-order valence-electron chi connectivity index (χ3n) is 3.58. The number of carbonyl (C=O) groups excluding carboxylic acids is 1. The van der Waals surface area contributed by atoms with Gasteiger partial charge in [-0.25, -0.2) is 0 Å². The minimum Gasteiger partial charge on any atom is -0.469 e. The van der Waals surface area contributed by atoms with Crippen molar-refractivity contribution in [1.82, 2.24) is 0 Å². The Bertz CT molecular complexity index is 200. The third kappa shape index (κ3) is 1.46. The molecule has 3 heteroatoms. The molecule has 13 heavy (non-hydrogen) atoms. The number of fused-ring (bicyclic) bond motifs is 2. The molecule has 2 unspecified atom stereocenters. The molecule has 0 amide bonds. The molecular formula is C10H16O3. The monoisotopic (exact) mass is 184 g/mol. The van der Waals surface area contributed by atoms with Crippen LogP contribution in [-0.2, 0) is 9.53 Å². The standard InChI is InChI=1S/C10H16O3/c1-13-10(12)8-4-6-2-3-7(5-8)9(6)11/h6-9,11H,2-5H2,1H3. The van der Waals surface area contributed by atoms with E-state index in [9.17, 15) is 9.90 Å². The lowest BCUT2D eigenvalue weighted by atomic mass is 9.79. The van der Waals surface area contributed by atoms with E-state index in [1.165, 1.54) is 7.11 Å². The number of hydrogen-bond donors (Lipinski definition) is 1. The molecule has 0 aromatic rings. The summed E-state index contributed by atoms with van der Waals surface area (Å²) in [5.74, 6) is 0.653. The van der Waals surface area contributed by atoms with Gasteiger partial charge in [0.25, 0.3) is 0 Å². The van der Waals surface area contributed by atoms with Gasteiger partial charge < -0.3 is 9.84 Å². The molecule has 2 aliphatic carbocycles. The number of aliphatic hydroxyl groups is 1. The first-order chi connectivity index (χ1) is 6.22. The Balaban J connectivity index is 2.02. The van der Waals surface area contributed by atoms with Gasteiger partial charge in [-0.1, -0.05) is 0 Å². The van der Waals surface area contributed by atoms with Crippen molar-refractivity contribution in [3.8, 4) is 0 Å². The maximum atomic E-state index is 11.3. The van der Waals surface area contributed by atoms with Gasteiger partial charge in [-0.15, -0.1) is 0 Å². The predicted octanol–water partition coefficient (Wildman–Crippen LogP) is 0.956. The molecule has 0 heterocycles. The highest BCUT2D eigenvalue weighted by atomic mass is 16.5. The van der Waals surface area contributed by atoms with Gasteiger partial charge in [-0.3, -0.25) is 4.79 Å². The zero-order valence-electron chi connectivity index (χ0n) is 7.90. The first-order valence-corrected chi connectivity index (χ1v) is 4.98. The normalized spacial score (nSPS) is 43.2. The van der Waals surface area contributed by atoms with Crippen molar-refractivity contribution in [3.63, 3.8) is 0 Å². The molecule has 2 aliphatic rings. The molecule has 0 aromatic carbocycles. The molecular weight excluding hydrogens is 168 g/mol. The summed E-state index contributed by atoms with van der Waals surface area (Å²) in [5.41, 5.74) is 0. The summed E-state index contributed by atoms with van der Waals surface area (Å²) in [6.45, 7) is 0. The van der Waals surface area contributed by atoms with Crippen LogP contribution in [0.5, 0.6) is 0 Å². The maximum Gasteiger partial charge on any atom is 0.308 e. The molecule has 2 bridgehead atoms. The van der Waals surface area contributed by atoms with Gasteiger partial charge in [0.15, 0.2) is 0 Å². The second-order valence-corrected chi connectivity index (χ2v) is 4.28. The van der Waals surface area contributed by atoms with Gasteiger partial charge >= 0.3 is 5.97 Å². The smallest absolute Gasteiger partial charge is 0.308 e. The van der Waals surface area contributed by atoms with Crippen LogP contribution < -0.4 is 0 Å². The number of hydrogen-bond acceptors (Lipinski definition) is 3. The topological polar surface area (TPSA) is 46.5 Å². The van der Waals surface area contributed by atoms with Crippen LogP contribution in [0, 0.1) is 17.8 Å². The summed E-state index contributed by atoms with van der Waals surface area (Å²) in [6, 6.07) is 0. The molecule has 0 aromatic heterocycles. The van der Waals surface area contributed by atoms with Crippen molar-refractivity contribution >= 4 is 5.97 Å². The van der Waals surface area contributed by atoms with Crippen LogP contribution >= 0.6 is 0 Å². The number of aliphatic hydroxyl groups excluding tert-OH is 1. The molecule has 2 fully saturated rings. The molecule has 2 rings (SSSR count). The Morgan fingerprint density at radius 3 is 2.31 bits per heavy atom. The van der Waals surface area contributed by atoms with Crippen molar-refractivity contribution in [3.05, 3.63) is 0 Å². The van der Waals surface area contributed by atoms with E-state index in [1.807, 2.05) is 0 Å². The van der Waals surface area contributed by atoms with Crippen LogP contribution in [0.1, 0.15) is 25.7 Å². The number of methoxy groups -OCH3 is 1. The minimum absolute atomic E-state index is 0.0471. The summed E-state index contributed by atoms with van der Waals surface area (Å²) in [7, 11) is 1.44. The van der Waals surface area contributed by atoms with Gasteiger partial charge in [0, 0.05) is 0 Å².